The van der Waals surface area contributed by atoms with Crippen LogP contribution in [0.5, 0.6) is 0 Å². The summed E-state index contributed by atoms with van der Waals surface area (Å²) in [5, 5.41) is 9.86. The Morgan fingerprint density at radius 2 is 1.62 bits per heavy atom. The molecule has 0 radical (unpaired) electrons. The third kappa shape index (κ3) is 2.78. The molecule has 0 aromatic carbocycles. The van der Waals surface area contributed by atoms with Crippen LogP contribution in [0.2, 0.25) is 0 Å². The van der Waals surface area contributed by atoms with Crippen LogP contribution >= 0.6 is 0 Å². The van der Waals surface area contributed by atoms with E-state index in [1.165, 1.54) is 51.6 Å². The van der Waals surface area contributed by atoms with E-state index < -0.39 is 0 Å². The molecule has 1 saturated heterocycles. The Labute approximate surface area is 100 Å². The molecule has 0 amide bonds. The molecule has 16 heavy (non-hydrogen) atoms. The molecule has 1 atom stereocenters. The minimum absolute atomic E-state index is 0.136. The Balaban J connectivity index is 1.75. The molecule has 94 valence electrons. The summed E-state index contributed by atoms with van der Waals surface area (Å²) in [6.07, 6.45) is 8.47. The molecule has 0 aromatic rings. The number of nitrogens with zero attached hydrogens (tertiary/aromatic N) is 1. The van der Waals surface area contributed by atoms with Crippen LogP contribution in [0.4, 0.5) is 0 Å². The largest absolute Gasteiger partial charge is 0.392 e. The Hall–Kier alpha value is -0.0800. The molecule has 1 heterocycles. The minimum atomic E-state index is -0.136. The molecule has 1 N–H and O–H groups in total. The predicted molar refractivity (Wildman–Crippen MR) is 67.4 cm³/mol. The highest BCUT2D eigenvalue weighted by molar-refractivity contribution is 4.96. The first-order valence-electron chi connectivity index (χ1n) is 7.02. The SMILES string of the molecule is CC(C)C(O)CN1CC2(CCCCCC2)C1. The summed E-state index contributed by atoms with van der Waals surface area (Å²) in [6.45, 7) is 7.59. The summed E-state index contributed by atoms with van der Waals surface area (Å²) in [4.78, 5) is 2.45. The van der Waals surface area contributed by atoms with Gasteiger partial charge in [-0.25, -0.2) is 0 Å². The van der Waals surface area contributed by atoms with Crippen molar-refractivity contribution in [2.45, 2.75) is 58.5 Å². The average Bonchev–Trinajstić information content (AvgIpc) is 2.42. The van der Waals surface area contributed by atoms with E-state index in [9.17, 15) is 5.11 Å². The molecule has 1 aliphatic carbocycles. The van der Waals surface area contributed by atoms with Crippen molar-refractivity contribution < 1.29 is 5.11 Å². The molecule has 1 aliphatic heterocycles. The Morgan fingerprint density at radius 3 is 2.12 bits per heavy atom. The number of aliphatic hydroxyl groups is 1. The van der Waals surface area contributed by atoms with E-state index in [1.54, 1.807) is 0 Å². The summed E-state index contributed by atoms with van der Waals surface area (Å²) < 4.78 is 0. The van der Waals surface area contributed by atoms with Crippen molar-refractivity contribution in [2.24, 2.45) is 11.3 Å². The Bertz CT molecular complexity index is 211. The Kier molecular flexibility index (Phi) is 3.91. The standard InChI is InChI=1S/C14H27NO/c1-12(2)13(16)9-15-10-14(11-15)7-5-3-4-6-8-14/h12-13,16H,3-11H2,1-2H3. The second-order valence-electron chi connectivity index (χ2n) is 6.40. The maximum atomic E-state index is 9.86. The van der Waals surface area contributed by atoms with Crippen molar-refractivity contribution in [3.63, 3.8) is 0 Å². The summed E-state index contributed by atoms with van der Waals surface area (Å²) in [6, 6.07) is 0. The maximum absolute atomic E-state index is 9.86. The smallest absolute Gasteiger partial charge is 0.0689 e. The van der Waals surface area contributed by atoms with E-state index in [-0.39, 0.29) is 6.10 Å². The lowest BCUT2D eigenvalue weighted by Crippen LogP contribution is -2.58. The van der Waals surface area contributed by atoms with E-state index in [0.717, 1.165) is 6.54 Å². The van der Waals surface area contributed by atoms with E-state index >= 15 is 0 Å². The molecule has 2 nitrogen and oxygen atoms in total. The highest BCUT2D eigenvalue weighted by atomic mass is 16.3. The second-order valence-corrected chi connectivity index (χ2v) is 6.40. The maximum Gasteiger partial charge on any atom is 0.0689 e. The second kappa shape index (κ2) is 5.05. The molecule has 2 rings (SSSR count). The van der Waals surface area contributed by atoms with Crippen LogP contribution in [-0.4, -0.2) is 35.7 Å². The lowest BCUT2D eigenvalue weighted by atomic mass is 9.73. The quantitative estimate of drug-likeness (QED) is 0.798. The summed E-state index contributed by atoms with van der Waals surface area (Å²) >= 11 is 0. The Morgan fingerprint density at radius 1 is 1.06 bits per heavy atom. The van der Waals surface area contributed by atoms with Crippen molar-refractivity contribution >= 4 is 0 Å². The first-order chi connectivity index (χ1) is 7.61. The van der Waals surface area contributed by atoms with Crippen LogP contribution in [0.1, 0.15) is 52.4 Å². The van der Waals surface area contributed by atoms with E-state index in [1.807, 2.05) is 0 Å². The molecule has 1 saturated carbocycles. The fourth-order valence-corrected chi connectivity index (χ4v) is 3.30. The van der Waals surface area contributed by atoms with Crippen molar-refractivity contribution in [3.05, 3.63) is 0 Å². The van der Waals surface area contributed by atoms with Crippen molar-refractivity contribution in [3.8, 4) is 0 Å². The fourth-order valence-electron chi connectivity index (χ4n) is 3.30. The highest BCUT2D eigenvalue weighted by Crippen LogP contribution is 2.42. The van der Waals surface area contributed by atoms with Crippen LogP contribution in [0, 0.1) is 11.3 Å². The van der Waals surface area contributed by atoms with Gasteiger partial charge in [0, 0.05) is 19.6 Å². The molecule has 1 unspecified atom stereocenters. The number of β-amino-alcohol motifs (C(OH)–C–C–N with tert-alkyl or cyclic N) is 1. The van der Waals surface area contributed by atoms with Crippen LogP contribution < -0.4 is 0 Å². The summed E-state index contributed by atoms with van der Waals surface area (Å²) in [7, 11) is 0. The van der Waals surface area contributed by atoms with Gasteiger partial charge in [0.25, 0.3) is 0 Å². The molecule has 0 bridgehead atoms. The number of hydrogen-bond acceptors (Lipinski definition) is 2. The molecular formula is C14H27NO. The number of hydrogen-bond donors (Lipinski definition) is 1. The van der Waals surface area contributed by atoms with Crippen LogP contribution in [-0.2, 0) is 0 Å². The zero-order valence-electron chi connectivity index (χ0n) is 10.9. The van der Waals surface area contributed by atoms with Crippen molar-refractivity contribution in [2.75, 3.05) is 19.6 Å². The van der Waals surface area contributed by atoms with Gasteiger partial charge in [0.05, 0.1) is 6.10 Å². The zero-order valence-corrected chi connectivity index (χ0v) is 10.9. The number of likely N-dealkylation sites (tertiary alicyclic amines) is 1. The molecule has 2 heteroatoms. The normalized spacial score (nSPS) is 27.8. The van der Waals surface area contributed by atoms with Gasteiger partial charge in [-0.05, 0) is 24.2 Å². The fraction of sp³-hybridized carbons (Fsp3) is 1.00. The van der Waals surface area contributed by atoms with Gasteiger partial charge < -0.3 is 5.11 Å². The predicted octanol–water partition coefficient (Wildman–Crippen LogP) is 2.66. The molecule has 1 spiro atoms. The third-order valence-corrected chi connectivity index (χ3v) is 4.50. The lowest BCUT2D eigenvalue weighted by molar-refractivity contribution is -0.0447. The van der Waals surface area contributed by atoms with Crippen molar-refractivity contribution in [1.29, 1.82) is 0 Å². The first kappa shape index (κ1) is 12.4. The minimum Gasteiger partial charge on any atom is -0.392 e. The molecular weight excluding hydrogens is 198 g/mol. The van der Waals surface area contributed by atoms with E-state index in [0.29, 0.717) is 11.3 Å². The molecule has 2 aliphatic rings. The summed E-state index contributed by atoms with van der Waals surface area (Å²) in [5.41, 5.74) is 0.646. The van der Waals surface area contributed by atoms with E-state index in [2.05, 4.69) is 18.7 Å². The molecule has 0 aromatic heterocycles. The van der Waals surface area contributed by atoms with Gasteiger partial charge in [-0.15, -0.1) is 0 Å². The van der Waals surface area contributed by atoms with Gasteiger partial charge >= 0.3 is 0 Å². The number of rotatable bonds is 3. The van der Waals surface area contributed by atoms with Gasteiger partial charge in [0.1, 0.15) is 0 Å². The van der Waals surface area contributed by atoms with Crippen LogP contribution in [0.3, 0.4) is 0 Å². The average molecular weight is 225 g/mol. The van der Waals surface area contributed by atoms with E-state index in [4.69, 9.17) is 0 Å². The van der Waals surface area contributed by atoms with Crippen molar-refractivity contribution in [1.82, 2.24) is 4.90 Å². The summed E-state index contributed by atoms with van der Waals surface area (Å²) in [5.74, 6) is 0.394. The highest BCUT2D eigenvalue weighted by Gasteiger charge is 2.42. The molecule has 2 fully saturated rings. The monoisotopic (exact) mass is 225 g/mol. The van der Waals surface area contributed by atoms with Crippen LogP contribution in [0.15, 0.2) is 0 Å². The van der Waals surface area contributed by atoms with Gasteiger partial charge in [0.2, 0.25) is 0 Å². The first-order valence-corrected chi connectivity index (χ1v) is 7.02. The lowest BCUT2D eigenvalue weighted by Gasteiger charge is -2.51. The number of aliphatic hydroxyl groups excluding tert-OH is 1. The zero-order chi connectivity index (χ0) is 11.6. The van der Waals surface area contributed by atoms with Crippen LogP contribution in [0.25, 0.3) is 0 Å². The van der Waals surface area contributed by atoms with Gasteiger partial charge in [-0.2, -0.15) is 0 Å². The van der Waals surface area contributed by atoms with Gasteiger partial charge in [0.15, 0.2) is 0 Å². The topological polar surface area (TPSA) is 23.5 Å². The van der Waals surface area contributed by atoms with Gasteiger partial charge in [-0.1, -0.05) is 39.5 Å². The third-order valence-electron chi connectivity index (χ3n) is 4.50. The van der Waals surface area contributed by atoms with Gasteiger partial charge in [-0.3, -0.25) is 4.90 Å².